The molecule has 0 fully saturated rings. The van der Waals surface area contributed by atoms with Gasteiger partial charge in [0.25, 0.3) is 5.91 Å². The number of nitriles is 1. The maximum absolute atomic E-state index is 12.4. The van der Waals surface area contributed by atoms with Crippen LogP contribution in [-0.4, -0.2) is 28.0 Å². The summed E-state index contributed by atoms with van der Waals surface area (Å²) in [5.41, 5.74) is 0.781. The lowest BCUT2D eigenvalue weighted by Gasteiger charge is -2.11. The maximum atomic E-state index is 12.4. The lowest BCUT2D eigenvalue weighted by atomic mass is 10.1. The van der Waals surface area contributed by atoms with Crippen LogP contribution in [0.25, 0.3) is 6.08 Å². The Morgan fingerprint density at radius 3 is 2.47 bits per heavy atom. The molecule has 0 aliphatic heterocycles. The molecule has 2 aromatic carbocycles. The third-order valence-electron chi connectivity index (χ3n) is 4.06. The van der Waals surface area contributed by atoms with Crippen LogP contribution < -0.4 is 19.9 Å². The van der Waals surface area contributed by atoms with Crippen molar-refractivity contribution in [3.8, 4) is 17.6 Å². The van der Waals surface area contributed by atoms with E-state index in [1.54, 1.807) is 18.2 Å². The van der Waals surface area contributed by atoms with E-state index in [2.05, 4.69) is 12.2 Å². The number of anilines is 1. The van der Waals surface area contributed by atoms with E-state index in [9.17, 15) is 18.5 Å². The second-order valence-electron chi connectivity index (χ2n) is 6.31. The van der Waals surface area contributed by atoms with Crippen LogP contribution in [0.4, 0.5) is 5.69 Å². The first-order chi connectivity index (χ1) is 14.3. The molecule has 3 N–H and O–H groups in total. The number of hydrogen-bond donors (Lipinski definition) is 2. The number of nitrogens with one attached hydrogen (secondary N) is 1. The van der Waals surface area contributed by atoms with Crippen molar-refractivity contribution in [1.82, 2.24) is 0 Å². The van der Waals surface area contributed by atoms with Gasteiger partial charge in [-0.05, 0) is 54.5 Å². The molecule has 0 aliphatic carbocycles. The van der Waals surface area contributed by atoms with Gasteiger partial charge >= 0.3 is 0 Å². The van der Waals surface area contributed by atoms with Gasteiger partial charge in [0.1, 0.15) is 11.6 Å². The summed E-state index contributed by atoms with van der Waals surface area (Å²) in [7, 11) is -2.31. The normalized spacial score (nSPS) is 11.5. The molecular formula is C21H23N3O5S. The molecule has 0 saturated heterocycles. The summed E-state index contributed by atoms with van der Waals surface area (Å²) in [5.74, 6) is 0.445. The number of nitrogens with two attached hydrogens (primary N) is 1. The van der Waals surface area contributed by atoms with E-state index < -0.39 is 15.9 Å². The molecule has 0 aliphatic rings. The minimum Gasteiger partial charge on any atom is -0.493 e. The van der Waals surface area contributed by atoms with E-state index in [-0.39, 0.29) is 10.5 Å². The number of carbonyl (C=O) groups is 1. The number of hydrogen-bond acceptors (Lipinski definition) is 6. The van der Waals surface area contributed by atoms with Crippen molar-refractivity contribution in [2.24, 2.45) is 5.14 Å². The average Bonchev–Trinajstić information content (AvgIpc) is 2.72. The van der Waals surface area contributed by atoms with Gasteiger partial charge in [0.05, 0.1) is 18.6 Å². The molecule has 0 spiro atoms. The van der Waals surface area contributed by atoms with Crippen LogP contribution in [0.15, 0.2) is 52.9 Å². The number of primary sulfonamides is 1. The SMILES string of the molecule is CCCCOc1ccc(/C=C(\C#N)C(=O)Nc2ccc(S(N)(=O)=O)cc2)cc1OC. The zero-order chi connectivity index (χ0) is 22.1. The summed E-state index contributed by atoms with van der Waals surface area (Å²) in [6, 6.07) is 12.3. The van der Waals surface area contributed by atoms with Crippen LogP contribution in [-0.2, 0) is 14.8 Å². The zero-order valence-electron chi connectivity index (χ0n) is 16.7. The molecule has 0 heterocycles. The van der Waals surface area contributed by atoms with Gasteiger partial charge in [0.2, 0.25) is 10.0 Å². The Morgan fingerprint density at radius 1 is 1.20 bits per heavy atom. The first-order valence-electron chi connectivity index (χ1n) is 9.15. The van der Waals surface area contributed by atoms with Gasteiger partial charge in [-0.2, -0.15) is 5.26 Å². The van der Waals surface area contributed by atoms with Crippen molar-refractivity contribution in [3.05, 3.63) is 53.6 Å². The smallest absolute Gasteiger partial charge is 0.266 e. The van der Waals surface area contributed by atoms with E-state index in [0.717, 1.165) is 12.8 Å². The van der Waals surface area contributed by atoms with Crippen LogP contribution in [0.2, 0.25) is 0 Å². The summed E-state index contributed by atoms with van der Waals surface area (Å²) < 4.78 is 33.6. The fourth-order valence-electron chi connectivity index (χ4n) is 2.46. The third kappa shape index (κ3) is 6.34. The van der Waals surface area contributed by atoms with Crippen molar-refractivity contribution in [2.45, 2.75) is 24.7 Å². The van der Waals surface area contributed by atoms with E-state index >= 15 is 0 Å². The largest absolute Gasteiger partial charge is 0.493 e. The standard InChI is InChI=1S/C21H23N3O5S/c1-3-4-11-29-19-10-5-15(13-20(19)28-2)12-16(14-22)21(25)24-17-6-8-18(9-7-17)30(23,26)27/h5-10,12-13H,3-4,11H2,1-2H3,(H,24,25)(H2,23,26,27)/b16-12+. The highest BCUT2D eigenvalue weighted by Gasteiger charge is 2.12. The van der Waals surface area contributed by atoms with Crippen molar-refractivity contribution >= 4 is 27.7 Å². The molecule has 0 atom stereocenters. The van der Waals surface area contributed by atoms with E-state index in [4.69, 9.17) is 14.6 Å². The molecule has 1 amide bonds. The number of rotatable bonds is 9. The summed E-state index contributed by atoms with van der Waals surface area (Å²) in [6.45, 7) is 2.63. The summed E-state index contributed by atoms with van der Waals surface area (Å²) >= 11 is 0. The molecule has 0 radical (unpaired) electrons. The number of ether oxygens (including phenoxy) is 2. The number of unbranched alkanes of at least 4 members (excludes halogenated alkanes) is 1. The van der Waals surface area contributed by atoms with Gasteiger partial charge in [-0.1, -0.05) is 19.4 Å². The Balaban J connectivity index is 2.18. The van der Waals surface area contributed by atoms with E-state index in [1.807, 2.05) is 6.07 Å². The molecule has 8 nitrogen and oxygen atoms in total. The maximum Gasteiger partial charge on any atom is 0.266 e. The van der Waals surface area contributed by atoms with Gasteiger partial charge in [-0.3, -0.25) is 4.79 Å². The van der Waals surface area contributed by atoms with Crippen molar-refractivity contribution in [3.63, 3.8) is 0 Å². The topological polar surface area (TPSA) is 132 Å². The van der Waals surface area contributed by atoms with Crippen LogP contribution in [0.1, 0.15) is 25.3 Å². The van der Waals surface area contributed by atoms with Crippen LogP contribution >= 0.6 is 0 Å². The third-order valence-corrected chi connectivity index (χ3v) is 4.99. The molecule has 158 valence electrons. The lowest BCUT2D eigenvalue weighted by molar-refractivity contribution is -0.112. The lowest BCUT2D eigenvalue weighted by Crippen LogP contribution is -2.14. The van der Waals surface area contributed by atoms with E-state index in [0.29, 0.717) is 29.4 Å². The predicted molar refractivity (Wildman–Crippen MR) is 113 cm³/mol. The molecule has 30 heavy (non-hydrogen) atoms. The van der Waals surface area contributed by atoms with Crippen molar-refractivity contribution in [1.29, 1.82) is 5.26 Å². The zero-order valence-corrected chi connectivity index (χ0v) is 17.5. The second kappa shape index (κ2) is 10.4. The number of carbonyl (C=O) groups excluding carboxylic acids is 1. The van der Waals surface area contributed by atoms with Crippen molar-refractivity contribution in [2.75, 3.05) is 19.0 Å². The van der Waals surface area contributed by atoms with Crippen LogP contribution in [0.5, 0.6) is 11.5 Å². The number of methoxy groups -OCH3 is 1. The molecular weight excluding hydrogens is 406 g/mol. The predicted octanol–water partition coefficient (Wildman–Crippen LogP) is 3.07. The average molecular weight is 429 g/mol. The summed E-state index contributed by atoms with van der Waals surface area (Å²) in [6.07, 6.45) is 3.35. The molecule has 0 saturated carbocycles. The molecule has 0 bridgehead atoms. The highest BCUT2D eigenvalue weighted by Crippen LogP contribution is 2.29. The molecule has 2 aromatic rings. The van der Waals surface area contributed by atoms with Gasteiger partial charge in [-0.25, -0.2) is 13.6 Å². The summed E-state index contributed by atoms with van der Waals surface area (Å²) in [4.78, 5) is 12.3. The quantitative estimate of drug-likeness (QED) is 0.358. The number of sulfonamides is 1. The van der Waals surface area contributed by atoms with E-state index in [1.165, 1.54) is 37.5 Å². The van der Waals surface area contributed by atoms with Gasteiger partial charge in [0, 0.05) is 5.69 Å². The number of benzene rings is 2. The Labute approximate surface area is 176 Å². The molecule has 9 heteroatoms. The Bertz CT molecular complexity index is 1070. The minimum absolute atomic E-state index is 0.0788. The monoisotopic (exact) mass is 429 g/mol. The summed E-state index contributed by atoms with van der Waals surface area (Å²) in [5, 5.41) is 17.0. The van der Waals surface area contributed by atoms with Gasteiger partial charge in [0.15, 0.2) is 11.5 Å². The Kier molecular flexibility index (Phi) is 7.98. The van der Waals surface area contributed by atoms with Crippen LogP contribution in [0.3, 0.4) is 0 Å². The molecule has 0 unspecified atom stereocenters. The Morgan fingerprint density at radius 2 is 1.90 bits per heavy atom. The fraction of sp³-hybridized carbons (Fsp3) is 0.238. The molecule has 0 aromatic heterocycles. The number of nitrogens with zero attached hydrogens (tertiary/aromatic N) is 1. The van der Waals surface area contributed by atoms with Crippen LogP contribution in [0, 0.1) is 11.3 Å². The minimum atomic E-state index is -3.83. The fourth-order valence-corrected chi connectivity index (χ4v) is 2.98. The molecule has 2 rings (SSSR count). The highest BCUT2D eigenvalue weighted by molar-refractivity contribution is 7.89. The Hall–Kier alpha value is -3.35. The second-order valence-corrected chi connectivity index (χ2v) is 7.87. The van der Waals surface area contributed by atoms with Gasteiger partial charge in [-0.15, -0.1) is 0 Å². The van der Waals surface area contributed by atoms with Gasteiger partial charge < -0.3 is 14.8 Å². The highest BCUT2D eigenvalue weighted by atomic mass is 32.2. The van der Waals surface area contributed by atoms with Crippen molar-refractivity contribution < 1.29 is 22.7 Å². The number of amides is 1. The first-order valence-corrected chi connectivity index (χ1v) is 10.7. The first kappa shape index (κ1) is 22.9.